The zero-order chi connectivity index (χ0) is 27.5. The van der Waals surface area contributed by atoms with Crippen LogP contribution in [0.1, 0.15) is 37.8 Å². The molecule has 3 N–H and O–H groups in total. The fourth-order valence-electron chi connectivity index (χ4n) is 4.69. The number of nitrogens with one attached hydrogen (secondary N) is 2. The van der Waals surface area contributed by atoms with Crippen molar-refractivity contribution in [2.24, 2.45) is 11.8 Å². The zero-order valence-corrected chi connectivity index (χ0v) is 21.8. The van der Waals surface area contributed by atoms with Gasteiger partial charge in [0, 0.05) is 13.0 Å². The zero-order valence-electron chi connectivity index (χ0n) is 21.8. The molecular weight excluding hydrogens is 490 g/mol. The molecule has 2 aromatic carbocycles. The van der Waals surface area contributed by atoms with Crippen LogP contribution in [0, 0.1) is 11.8 Å². The molecule has 1 saturated heterocycles. The van der Waals surface area contributed by atoms with Crippen LogP contribution < -0.4 is 10.8 Å². The van der Waals surface area contributed by atoms with Gasteiger partial charge in [0.05, 0.1) is 19.1 Å². The summed E-state index contributed by atoms with van der Waals surface area (Å²) >= 11 is 0. The third-order valence-electron chi connectivity index (χ3n) is 6.55. The highest BCUT2D eigenvalue weighted by Gasteiger charge is 2.58. The normalized spacial score (nSPS) is 19.9. The Morgan fingerprint density at radius 3 is 2.18 bits per heavy atom. The molecule has 0 aromatic heterocycles. The molecule has 1 heterocycles. The van der Waals surface area contributed by atoms with Crippen LogP contribution in [-0.4, -0.2) is 59.1 Å². The van der Waals surface area contributed by atoms with Crippen molar-refractivity contribution in [3.05, 3.63) is 71.8 Å². The van der Waals surface area contributed by atoms with Crippen LogP contribution in [0.15, 0.2) is 60.7 Å². The van der Waals surface area contributed by atoms with E-state index in [4.69, 9.17) is 9.57 Å². The summed E-state index contributed by atoms with van der Waals surface area (Å²) in [6.07, 6.45) is -1.43. The number of amides is 3. The Bertz CT molecular complexity index is 1090. The summed E-state index contributed by atoms with van der Waals surface area (Å²) in [5.74, 6) is -2.94. The van der Waals surface area contributed by atoms with Crippen LogP contribution in [0.3, 0.4) is 0 Å². The van der Waals surface area contributed by atoms with E-state index >= 15 is 0 Å². The molecule has 0 aliphatic carbocycles. The van der Waals surface area contributed by atoms with E-state index < -0.39 is 40.3 Å². The largest absolute Gasteiger partial charge is 0.521 e. The average Bonchev–Trinajstić information content (AvgIpc) is 2.91. The highest BCUT2D eigenvalue weighted by atomic mass is 16.6. The van der Waals surface area contributed by atoms with Crippen molar-refractivity contribution in [3.63, 3.8) is 0 Å². The number of piperazine rings is 1. The molecular formula is C28H36N3O7+. The molecule has 1 unspecified atom stereocenters. The second kappa shape index (κ2) is 13.8. The lowest BCUT2D eigenvalue weighted by Crippen LogP contribution is -2.73. The number of rotatable bonds is 11. The van der Waals surface area contributed by atoms with E-state index in [1.54, 1.807) is 24.3 Å². The summed E-state index contributed by atoms with van der Waals surface area (Å²) in [6, 6.07) is 17.0. The molecule has 204 valence electrons. The Morgan fingerprint density at radius 2 is 1.61 bits per heavy atom. The first-order valence-electron chi connectivity index (χ1n) is 12.8. The molecule has 38 heavy (non-hydrogen) atoms. The van der Waals surface area contributed by atoms with Gasteiger partial charge in [0.15, 0.2) is 0 Å². The van der Waals surface area contributed by atoms with Crippen LogP contribution >= 0.6 is 0 Å². The lowest BCUT2D eigenvalue weighted by molar-refractivity contribution is -0.804. The first kappa shape index (κ1) is 29.0. The van der Waals surface area contributed by atoms with Crippen molar-refractivity contribution in [1.29, 1.82) is 0 Å². The SMILES string of the molecule is CC(C)C[C@H](CC(=O)NOCc1ccccc1)C(=O)[N@@+]1(C(=O)O)CCNCC1C(=O)OCc1ccccc1. The Labute approximate surface area is 222 Å². The number of hydrogen-bond donors (Lipinski definition) is 3. The highest BCUT2D eigenvalue weighted by molar-refractivity contribution is 5.90. The number of ether oxygens (including phenoxy) is 1. The van der Waals surface area contributed by atoms with E-state index in [1.165, 1.54) is 0 Å². The van der Waals surface area contributed by atoms with Gasteiger partial charge in [0.1, 0.15) is 13.2 Å². The molecule has 3 rings (SSSR count). The summed E-state index contributed by atoms with van der Waals surface area (Å²) in [5, 5.41) is 13.4. The molecule has 3 atom stereocenters. The summed E-state index contributed by atoms with van der Waals surface area (Å²) in [4.78, 5) is 57.8. The molecule has 3 amide bonds. The number of carbonyl (C=O) groups is 4. The monoisotopic (exact) mass is 526 g/mol. The molecule has 1 aliphatic rings. The molecule has 2 aromatic rings. The first-order chi connectivity index (χ1) is 18.2. The third-order valence-corrected chi connectivity index (χ3v) is 6.55. The van der Waals surface area contributed by atoms with Gasteiger partial charge in [-0.3, -0.25) is 9.63 Å². The lowest BCUT2D eigenvalue weighted by atomic mass is 9.90. The molecule has 10 nitrogen and oxygen atoms in total. The van der Waals surface area contributed by atoms with Crippen molar-refractivity contribution in [2.45, 2.75) is 45.9 Å². The van der Waals surface area contributed by atoms with Crippen LogP contribution in [-0.2, 0) is 37.2 Å². The maximum atomic E-state index is 14.0. The minimum absolute atomic E-state index is 0.00206. The standard InChI is InChI=1S/C28H35N3O7/c1-20(2)15-23(16-25(32)30-38-19-22-11-7-4-8-12-22)26(33)31(28(35)36)14-13-29-17-24(31)27(34)37-18-21-9-5-3-6-10-21/h3-12,20,23-24,29H,13-19H2,1-2H3,(H-,30,32,35,36)/p+1/t23-,24?,31-/m1/s1. The molecule has 0 saturated carbocycles. The van der Waals surface area contributed by atoms with Crippen LogP contribution in [0.5, 0.6) is 0 Å². The van der Waals surface area contributed by atoms with Gasteiger partial charge in [-0.15, -0.1) is 4.48 Å². The van der Waals surface area contributed by atoms with Gasteiger partial charge in [0.2, 0.25) is 11.9 Å². The third kappa shape index (κ3) is 7.47. The number of nitrogens with zero attached hydrogens (tertiary/aromatic N) is 1. The summed E-state index contributed by atoms with van der Waals surface area (Å²) in [5.41, 5.74) is 3.96. The first-order valence-corrected chi connectivity index (χ1v) is 12.8. The minimum Gasteiger partial charge on any atom is -0.456 e. The lowest BCUT2D eigenvalue weighted by Gasteiger charge is -2.40. The number of benzene rings is 2. The van der Waals surface area contributed by atoms with E-state index in [2.05, 4.69) is 10.8 Å². The number of imide groups is 1. The second-order valence-electron chi connectivity index (χ2n) is 9.86. The van der Waals surface area contributed by atoms with Gasteiger partial charge in [-0.05, 0) is 23.5 Å². The summed E-state index contributed by atoms with van der Waals surface area (Å²) in [7, 11) is 0. The smallest absolute Gasteiger partial charge is 0.456 e. The minimum atomic E-state index is -1.44. The van der Waals surface area contributed by atoms with Gasteiger partial charge < -0.3 is 15.2 Å². The fourth-order valence-corrected chi connectivity index (χ4v) is 4.69. The number of carbonyl (C=O) groups excluding carboxylic acids is 3. The highest BCUT2D eigenvalue weighted by Crippen LogP contribution is 2.28. The van der Waals surface area contributed by atoms with E-state index in [-0.39, 0.29) is 51.6 Å². The second-order valence-corrected chi connectivity index (χ2v) is 9.86. The van der Waals surface area contributed by atoms with Crippen molar-refractivity contribution in [2.75, 3.05) is 19.6 Å². The van der Waals surface area contributed by atoms with Crippen LogP contribution in [0.25, 0.3) is 0 Å². The maximum Gasteiger partial charge on any atom is 0.521 e. The number of hydroxylamine groups is 1. The quantitative estimate of drug-likeness (QED) is 0.231. The molecule has 1 fully saturated rings. The fraction of sp³-hybridized carbons (Fsp3) is 0.429. The van der Waals surface area contributed by atoms with Crippen LogP contribution in [0.4, 0.5) is 4.79 Å². The van der Waals surface area contributed by atoms with E-state index in [1.807, 2.05) is 50.2 Å². The van der Waals surface area contributed by atoms with Crippen molar-refractivity contribution in [1.82, 2.24) is 10.8 Å². The average molecular weight is 527 g/mol. The predicted octanol–water partition coefficient (Wildman–Crippen LogP) is 3.02. The van der Waals surface area contributed by atoms with Gasteiger partial charge >= 0.3 is 18.0 Å². The Kier molecular flexibility index (Phi) is 10.5. The maximum absolute atomic E-state index is 14.0. The summed E-state index contributed by atoms with van der Waals surface area (Å²) < 4.78 is 4.34. The summed E-state index contributed by atoms with van der Waals surface area (Å²) in [6.45, 7) is 3.93. The van der Waals surface area contributed by atoms with Crippen molar-refractivity contribution < 1.29 is 38.3 Å². The molecule has 0 spiro atoms. The number of quaternary nitrogens is 1. The number of hydrogen-bond acceptors (Lipinski definition) is 7. The topological polar surface area (TPSA) is 131 Å². The van der Waals surface area contributed by atoms with Gasteiger partial charge in [-0.2, -0.15) is 4.79 Å². The molecule has 0 bridgehead atoms. The van der Waals surface area contributed by atoms with E-state index in [9.17, 15) is 24.3 Å². The Morgan fingerprint density at radius 1 is 1.00 bits per heavy atom. The van der Waals surface area contributed by atoms with Gasteiger partial charge in [-0.1, -0.05) is 74.5 Å². The number of esters is 1. The van der Waals surface area contributed by atoms with Gasteiger partial charge in [-0.25, -0.2) is 15.1 Å². The number of carboxylic acid groups (broad SMARTS) is 1. The molecule has 0 radical (unpaired) electrons. The van der Waals surface area contributed by atoms with E-state index in [0.29, 0.717) is 0 Å². The van der Waals surface area contributed by atoms with Crippen molar-refractivity contribution in [3.8, 4) is 0 Å². The Hall–Kier alpha value is -3.60. The molecule has 1 aliphatic heterocycles. The molecule has 10 heteroatoms. The van der Waals surface area contributed by atoms with Crippen molar-refractivity contribution >= 4 is 23.9 Å². The van der Waals surface area contributed by atoms with Crippen LogP contribution in [0.2, 0.25) is 0 Å². The van der Waals surface area contributed by atoms with Gasteiger partial charge in [0.25, 0.3) is 0 Å². The predicted molar refractivity (Wildman–Crippen MR) is 138 cm³/mol. The Balaban J connectivity index is 1.75. The van der Waals surface area contributed by atoms with E-state index in [0.717, 1.165) is 11.1 Å².